The monoisotopic (exact) mass is 304 g/mol. The number of hydrogen-bond acceptors (Lipinski definition) is 6. The Kier molecular flexibility index (Phi) is 3.59. The molecule has 2 aromatic heterocycles. The number of nitrogens with zero attached hydrogens (tertiary/aromatic N) is 4. The van der Waals surface area contributed by atoms with Crippen LogP contribution in [0.2, 0.25) is 0 Å². The molecule has 1 aliphatic rings. The van der Waals surface area contributed by atoms with Gasteiger partial charge in [-0.1, -0.05) is 0 Å². The molecule has 1 aliphatic heterocycles. The van der Waals surface area contributed by atoms with Gasteiger partial charge in [-0.15, -0.1) is 0 Å². The standard InChI is InChI=1S/C14H16N4O2S/c1-21(19,20)12-2-3-14(17-8-12)18-7-4-11(10-18)13-9-15-5-6-16-13/h2-3,5-6,8-9,11H,4,7,10H2,1H3. The number of aromatic nitrogens is 3. The van der Waals surface area contributed by atoms with E-state index in [0.29, 0.717) is 5.92 Å². The number of anilines is 1. The maximum absolute atomic E-state index is 11.4. The summed E-state index contributed by atoms with van der Waals surface area (Å²) in [7, 11) is -3.20. The molecule has 0 radical (unpaired) electrons. The van der Waals surface area contributed by atoms with Crippen molar-refractivity contribution in [2.75, 3.05) is 24.2 Å². The van der Waals surface area contributed by atoms with Gasteiger partial charge in [-0.2, -0.15) is 0 Å². The first-order valence-electron chi connectivity index (χ1n) is 6.71. The van der Waals surface area contributed by atoms with Crippen LogP contribution in [0.1, 0.15) is 18.0 Å². The number of hydrogen-bond donors (Lipinski definition) is 0. The Hall–Kier alpha value is -2.02. The predicted octanol–water partition coefficient (Wildman–Crippen LogP) is 1.27. The van der Waals surface area contributed by atoms with Crippen molar-refractivity contribution in [2.24, 2.45) is 0 Å². The lowest BCUT2D eigenvalue weighted by Gasteiger charge is -2.17. The molecule has 0 saturated carbocycles. The van der Waals surface area contributed by atoms with Crippen LogP contribution >= 0.6 is 0 Å². The Morgan fingerprint density at radius 2 is 2.05 bits per heavy atom. The zero-order valence-electron chi connectivity index (χ0n) is 11.7. The molecule has 1 saturated heterocycles. The zero-order chi connectivity index (χ0) is 14.9. The molecule has 3 heterocycles. The zero-order valence-corrected chi connectivity index (χ0v) is 12.5. The smallest absolute Gasteiger partial charge is 0.177 e. The van der Waals surface area contributed by atoms with Gasteiger partial charge in [0.05, 0.1) is 10.6 Å². The summed E-state index contributed by atoms with van der Waals surface area (Å²) >= 11 is 0. The van der Waals surface area contributed by atoms with Crippen LogP contribution in [0.15, 0.2) is 41.8 Å². The average molecular weight is 304 g/mol. The fourth-order valence-corrected chi connectivity index (χ4v) is 3.07. The van der Waals surface area contributed by atoms with Gasteiger partial charge in [0.15, 0.2) is 9.84 Å². The Labute approximate surface area is 123 Å². The van der Waals surface area contributed by atoms with Crippen molar-refractivity contribution in [1.29, 1.82) is 0 Å². The second-order valence-electron chi connectivity index (χ2n) is 5.19. The molecule has 6 nitrogen and oxygen atoms in total. The van der Waals surface area contributed by atoms with Gasteiger partial charge in [-0.3, -0.25) is 9.97 Å². The molecule has 0 aromatic carbocycles. The van der Waals surface area contributed by atoms with Crippen molar-refractivity contribution in [1.82, 2.24) is 15.0 Å². The van der Waals surface area contributed by atoms with Crippen molar-refractivity contribution < 1.29 is 8.42 Å². The number of rotatable bonds is 3. The normalized spacial score (nSPS) is 18.9. The van der Waals surface area contributed by atoms with E-state index in [-0.39, 0.29) is 4.90 Å². The molecule has 1 unspecified atom stereocenters. The lowest BCUT2D eigenvalue weighted by Crippen LogP contribution is -2.20. The predicted molar refractivity (Wildman–Crippen MR) is 78.9 cm³/mol. The fourth-order valence-electron chi connectivity index (χ4n) is 2.51. The minimum absolute atomic E-state index is 0.246. The maximum Gasteiger partial charge on any atom is 0.177 e. The van der Waals surface area contributed by atoms with Gasteiger partial charge in [0, 0.05) is 50.1 Å². The Morgan fingerprint density at radius 3 is 2.67 bits per heavy atom. The molecule has 21 heavy (non-hydrogen) atoms. The number of pyridine rings is 1. The second-order valence-corrected chi connectivity index (χ2v) is 7.20. The first kappa shape index (κ1) is 13.9. The summed E-state index contributed by atoms with van der Waals surface area (Å²) in [5, 5.41) is 0. The molecule has 0 N–H and O–H groups in total. The summed E-state index contributed by atoms with van der Waals surface area (Å²) in [6.07, 6.45) is 8.77. The Balaban J connectivity index is 1.75. The van der Waals surface area contributed by atoms with Gasteiger partial charge < -0.3 is 4.90 Å². The summed E-state index contributed by atoms with van der Waals surface area (Å²) in [5.74, 6) is 1.14. The summed E-state index contributed by atoms with van der Waals surface area (Å²) in [4.78, 5) is 15.1. The molecule has 110 valence electrons. The van der Waals surface area contributed by atoms with E-state index in [4.69, 9.17) is 0 Å². The maximum atomic E-state index is 11.4. The first-order chi connectivity index (χ1) is 10.0. The van der Waals surface area contributed by atoms with Crippen LogP contribution in [0.25, 0.3) is 0 Å². The molecule has 1 atom stereocenters. The Bertz CT molecular complexity index is 716. The molecular weight excluding hydrogens is 288 g/mol. The van der Waals surface area contributed by atoms with Crippen molar-refractivity contribution in [3.63, 3.8) is 0 Å². The van der Waals surface area contributed by atoms with E-state index < -0.39 is 9.84 Å². The minimum atomic E-state index is -3.20. The lowest BCUT2D eigenvalue weighted by molar-refractivity contribution is 0.601. The van der Waals surface area contributed by atoms with Gasteiger partial charge in [0.25, 0.3) is 0 Å². The summed E-state index contributed by atoms with van der Waals surface area (Å²) < 4.78 is 22.9. The van der Waals surface area contributed by atoms with Gasteiger partial charge in [-0.25, -0.2) is 13.4 Å². The average Bonchev–Trinajstić information content (AvgIpc) is 2.97. The van der Waals surface area contributed by atoms with E-state index in [2.05, 4.69) is 19.9 Å². The molecular formula is C14H16N4O2S. The fraction of sp³-hybridized carbons (Fsp3) is 0.357. The van der Waals surface area contributed by atoms with Crippen LogP contribution in [0.5, 0.6) is 0 Å². The van der Waals surface area contributed by atoms with Gasteiger partial charge in [0.1, 0.15) is 5.82 Å². The largest absolute Gasteiger partial charge is 0.356 e. The molecule has 0 amide bonds. The summed E-state index contributed by atoms with van der Waals surface area (Å²) in [6.45, 7) is 1.70. The quantitative estimate of drug-likeness (QED) is 0.850. The molecule has 1 fully saturated rings. The molecule has 2 aromatic rings. The van der Waals surface area contributed by atoms with Crippen LogP contribution in [0, 0.1) is 0 Å². The molecule has 0 aliphatic carbocycles. The van der Waals surface area contributed by atoms with Crippen molar-refractivity contribution >= 4 is 15.7 Å². The third-order valence-corrected chi connectivity index (χ3v) is 4.76. The van der Waals surface area contributed by atoms with Crippen LogP contribution in [-0.4, -0.2) is 42.7 Å². The van der Waals surface area contributed by atoms with Crippen LogP contribution in [0.4, 0.5) is 5.82 Å². The molecule has 7 heteroatoms. The van der Waals surface area contributed by atoms with Crippen LogP contribution < -0.4 is 4.90 Å². The van der Waals surface area contributed by atoms with Crippen LogP contribution in [-0.2, 0) is 9.84 Å². The highest BCUT2D eigenvalue weighted by Gasteiger charge is 2.26. The Morgan fingerprint density at radius 1 is 1.19 bits per heavy atom. The van der Waals surface area contributed by atoms with E-state index >= 15 is 0 Å². The molecule has 0 spiro atoms. The van der Waals surface area contributed by atoms with E-state index in [1.165, 1.54) is 12.5 Å². The number of sulfone groups is 1. The summed E-state index contributed by atoms with van der Waals surface area (Å²) in [6, 6.07) is 3.36. The lowest BCUT2D eigenvalue weighted by atomic mass is 10.1. The first-order valence-corrected chi connectivity index (χ1v) is 8.60. The van der Waals surface area contributed by atoms with Gasteiger partial charge in [0.2, 0.25) is 0 Å². The second kappa shape index (κ2) is 5.40. The topological polar surface area (TPSA) is 76.1 Å². The van der Waals surface area contributed by atoms with E-state index in [9.17, 15) is 8.42 Å². The summed E-state index contributed by atoms with van der Waals surface area (Å²) in [5.41, 5.74) is 0.993. The van der Waals surface area contributed by atoms with E-state index in [1.54, 1.807) is 30.7 Å². The SMILES string of the molecule is CS(=O)(=O)c1ccc(N2CCC(c3cnccn3)C2)nc1. The van der Waals surface area contributed by atoms with Crippen molar-refractivity contribution in [3.8, 4) is 0 Å². The van der Waals surface area contributed by atoms with Gasteiger partial charge >= 0.3 is 0 Å². The van der Waals surface area contributed by atoms with Crippen molar-refractivity contribution in [2.45, 2.75) is 17.2 Å². The molecule has 3 rings (SSSR count). The minimum Gasteiger partial charge on any atom is -0.356 e. The third-order valence-electron chi connectivity index (χ3n) is 3.66. The van der Waals surface area contributed by atoms with Crippen LogP contribution in [0.3, 0.4) is 0 Å². The van der Waals surface area contributed by atoms with E-state index in [0.717, 1.165) is 31.0 Å². The third kappa shape index (κ3) is 3.02. The highest BCUT2D eigenvalue weighted by molar-refractivity contribution is 7.90. The van der Waals surface area contributed by atoms with Crippen molar-refractivity contribution in [3.05, 3.63) is 42.6 Å². The van der Waals surface area contributed by atoms with E-state index in [1.807, 2.05) is 0 Å². The highest BCUT2D eigenvalue weighted by Crippen LogP contribution is 2.28. The van der Waals surface area contributed by atoms with Gasteiger partial charge in [-0.05, 0) is 18.6 Å². The highest BCUT2D eigenvalue weighted by atomic mass is 32.2. The molecule has 0 bridgehead atoms.